The van der Waals surface area contributed by atoms with Gasteiger partial charge >= 0.3 is 0 Å². The number of fused-ring (bicyclic) bond motifs is 4. The normalized spacial score (nSPS) is 13.1. The summed E-state index contributed by atoms with van der Waals surface area (Å²) in [6, 6.07) is 82.0. The van der Waals surface area contributed by atoms with Crippen molar-refractivity contribution in [2.24, 2.45) is 0 Å². The van der Waals surface area contributed by atoms with Gasteiger partial charge in [-0.05, 0) is 139 Å². The van der Waals surface area contributed by atoms with Crippen LogP contribution in [0.15, 0.2) is 231 Å². The molecule has 1 aliphatic heterocycles. The van der Waals surface area contributed by atoms with Crippen LogP contribution in [0.5, 0.6) is 11.5 Å². The first kappa shape index (κ1) is 51.1. The second kappa shape index (κ2) is 19.7. The number of hydrogen-bond acceptors (Lipinski definition) is 4. The minimum atomic E-state index is -0.372. The van der Waals surface area contributed by atoms with Gasteiger partial charge in [0.1, 0.15) is 24.0 Å². The molecule has 79 heavy (non-hydrogen) atoms. The molecule has 0 atom stereocenters. The van der Waals surface area contributed by atoms with Crippen LogP contribution in [0.3, 0.4) is 0 Å². The van der Waals surface area contributed by atoms with E-state index in [9.17, 15) is 0 Å². The molecule has 5 heteroatoms. The molecule has 0 spiro atoms. The first-order chi connectivity index (χ1) is 37.9. The minimum Gasteiger partial charge on any atom is -0.457 e. The summed E-state index contributed by atoms with van der Waals surface area (Å²) in [6.07, 6.45) is 1.94. The highest BCUT2D eigenvalue weighted by atomic mass is 16.5. The number of benzene rings is 9. The number of pyridine rings is 1. The molecule has 0 N–H and O–H groups in total. The number of nitrogens with zero attached hydrogens (tertiary/aromatic N) is 4. The third-order valence-corrected chi connectivity index (χ3v) is 16.6. The quantitative estimate of drug-likeness (QED) is 0.129. The summed E-state index contributed by atoms with van der Waals surface area (Å²) in [5.74, 6) is 2.39. The lowest BCUT2D eigenvalue weighted by atomic mass is 9.77. The molecular weight excluding hydrogens is 961 g/mol. The maximum Gasteiger partial charge on any atom is 0.137 e. The van der Waals surface area contributed by atoms with Crippen molar-refractivity contribution in [2.45, 2.75) is 90.9 Å². The standard InChI is InChI=1S/C74H70N4O/c1-71(2,3)56-37-38-75-70(46-56)78-66-35-31-52(50-23-15-11-16-24-50)41-65(66)64-34-33-62(48-68(64)78)79-63-44-59(74(9,10)55-29-21-14-22-30-55)43-61(47-63)76-49-77(60-40-53(51-25-17-12-18-26-51)39-58(42-60)72(4,5)6)69-45-57(32-36-67(69)76)73(7,8)54-27-19-13-20-28-54/h11-48H,49H2,1-10H3. The van der Waals surface area contributed by atoms with E-state index in [4.69, 9.17) is 9.72 Å². The Bertz CT molecular complexity index is 4030. The van der Waals surface area contributed by atoms with Crippen molar-refractivity contribution in [1.29, 1.82) is 0 Å². The Morgan fingerprint density at radius 2 is 0.937 bits per heavy atom. The van der Waals surface area contributed by atoms with Gasteiger partial charge in [-0.15, -0.1) is 0 Å². The molecule has 0 amide bonds. The van der Waals surface area contributed by atoms with Crippen LogP contribution in [0.2, 0.25) is 0 Å². The summed E-state index contributed by atoms with van der Waals surface area (Å²) in [6.45, 7) is 23.6. The van der Waals surface area contributed by atoms with Crippen molar-refractivity contribution in [3.05, 3.63) is 264 Å². The molecular formula is C74H70N4O. The molecule has 9 aromatic carbocycles. The fraction of sp³-hybridized carbons (Fsp3) is 0.203. The van der Waals surface area contributed by atoms with Crippen LogP contribution in [0, 0.1) is 0 Å². The number of anilines is 4. The highest BCUT2D eigenvalue weighted by Gasteiger charge is 2.34. The first-order valence-electron chi connectivity index (χ1n) is 27.9. The Hall–Kier alpha value is -8.67. The fourth-order valence-electron chi connectivity index (χ4n) is 11.6. The van der Waals surface area contributed by atoms with E-state index < -0.39 is 0 Å². The van der Waals surface area contributed by atoms with Crippen molar-refractivity contribution >= 4 is 44.6 Å². The Morgan fingerprint density at radius 1 is 0.354 bits per heavy atom. The van der Waals surface area contributed by atoms with E-state index in [1.807, 2.05) is 6.20 Å². The van der Waals surface area contributed by atoms with Gasteiger partial charge in [0, 0.05) is 51.3 Å². The maximum absolute atomic E-state index is 7.27. The first-order valence-corrected chi connectivity index (χ1v) is 27.9. The average Bonchev–Trinajstić information content (AvgIpc) is 4.05. The van der Waals surface area contributed by atoms with Crippen LogP contribution in [-0.4, -0.2) is 16.2 Å². The second-order valence-corrected chi connectivity index (χ2v) is 24.7. The van der Waals surface area contributed by atoms with Gasteiger partial charge in [0.25, 0.3) is 0 Å². The molecule has 5 nitrogen and oxygen atoms in total. The zero-order valence-electron chi connectivity index (χ0n) is 47.3. The number of ether oxygens (including phenoxy) is 1. The van der Waals surface area contributed by atoms with E-state index in [1.165, 1.54) is 55.8 Å². The summed E-state index contributed by atoms with van der Waals surface area (Å²) >= 11 is 0. The van der Waals surface area contributed by atoms with Crippen molar-refractivity contribution < 1.29 is 4.74 Å². The minimum absolute atomic E-state index is 0.0586. The van der Waals surface area contributed by atoms with Gasteiger partial charge in [0.2, 0.25) is 0 Å². The van der Waals surface area contributed by atoms with Gasteiger partial charge in [-0.1, -0.05) is 209 Å². The van der Waals surface area contributed by atoms with Crippen LogP contribution in [-0.2, 0) is 21.7 Å². The van der Waals surface area contributed by atoms with E-state index >= 15 is 0 Å². The number of hydrogen-bond donors (Lipinski definition) is 0. The third-order valence-electron chi connectivity index (χ3n) is 16.6. The Balaban J connectivity index is 1.03. The smallest absolute Gasteiger partial charge is 0.137 e. The summed E-state index contributed by atoms with van der Waals surface area (Å²) in [4.78, 5) is 10.0. The summed E-state index contributed by atoms with van der Waals surface area (Å²) in [7, 11) is 0. The van der Waals surface area contributed by atoms with Gasteiger partial charge in [-0.3, -0.25) is 4.57 Å². The predicted molar refractivity (Wildman–Crippen MR) is 333 cm³/mol. The number of aromatic nitrogens is 2. The van der Waals surface area contributed by atoms with Gasteiger partial charge < -0.3 is 14.5 Å². The van der Waals surface area contributed by atoms with Crippen LogP contribution in [0.4, 0.5) is 22.7 Å². The van der Waals surface area contributed by atoms with Crippen molar-refractivity contribution in [1.82, 2.24) is 9.55 Å². The highest BCUT2D eigenvalue weighted by molar-refractivity contribution is 6.10. The Morgan fingerprint density at radius 3 is 1.58 bits per heavy atom. The van der Waals surface area contributed by atoms with Gasteiger partial charge in [0.15, 0.2) is 0 Å². The van der Waals surface area contributed by atoms with Crippen molar-refractivity contribution in [3.8, 4) is 39.6 Å². The third kappa shape index (κ3) is 9.67. The lowest BCUT2D eigenvalue weighted by Crippen LogP contribution is -2.25. The SMILES string of the molecule is CC(C)(C)c1cc(-c2ccccc2)cc(N2CN(c3cc(Oc4ccc5c6cc(-c7ccccc7)ccc6n(-c6cc(C(C)(C)C)ccn6)c5c4)cc(C(C)(C)c4ccccc4)c3)c3ccc(C(C)(C)c4ccccc4)cc32)c1. The largest absolute Gasteiger partial charge is 0.457 e. The molecule has 1 aliphatic rings. The van der Waals surface area contributed by atoms with Gasteiger partial charge in [-0.2, -0.15) is 0 Å². The molecule has 11 aromatic rings. The lowest BCUT2D eigenvalue weighted by Gasteiger charge is -2.29. The summed E-state index contributed by atoms with van der Waals surface area (Å²) in [5, 5.41) is 2.30. The highest BCUT2D eigenvalue weighted by Crippen LogP contribution is 2.50. The monoisotopic (exact) mass is 1030 g/mol. The number of rotatable bonds is 11. The van der Waals surface area contributed by atoms with E-state index in [0.717, 1.165) is 61.7 Å². The Kier molecular flexibility index (Phi) is 12.7. The molecule has 0 unspecified atom stereocenters. The van der Waals surface area contributed by atoms with E-state index in [2.05, 4.69) is 308 Å². The topological polar surface area (TPSA) is 33.5 Å². The van der Waals surface area contributed by atoms with Crippen LogP contribution in [0.1, 0.15) is 103 Å². The molecule has 0 fully saturated rings. The molecule has 392 valence electrons. The zero-order chi connectivity index (χ0) is 54.8. The van der Waals surface area contributed by atoms with Crippen LogP contribution >= 0.6 is 0 Å². The fourth-order valence-corrected chi connectivity index (χ4v) is 11.6. The van der Waals surface area contributed by atoms with Crippen molar-refractivity contribution in [3.63, 3.8) is 0 Å². The Labute approximate surface area is 467 Å². The molecule has 0 saturated heterocycles. The second-order valence-electron chi connectivity index (χ2n) is 24.7. The van der Waals surface area contributed by atoms with E-state index in [-0.39, 0.29) is 21.7 Å². The van der Waals surface area contributed by atoms with Crippen molar-refractivity contribution in [2.75, 3.05) is 16.5 Å². The molecule has 0 bridgehead atoms. The van der Waals surface area contributed by atoms with Gasteiger partial charge in [-0.25, -0.2) is 4.98 Å². The van der Waals surface area contributed by atoms with Crippen LogP contribution in [0.25, 0.3) is 49.9 Å². The molecule has 12 rings (SSSR count). The van der Waals surface area contributed by atoms with Crippen LogP contribution < -0.4 is 14.5 Å². The van der Waals surface area contributed by atoms with Gasteiger partial charge in [0.05, 0.1) is 22.4 Å². The molecule has 2 aromatic heterocycles. The molecule has 0 saturated carbocycles. The summed E-state index contributed by atoms with van der Waals surface area (Å²) in [5.41, 5.74) is 18.1. The average molecular weight is 1030 g/mol. The lowest BCUT2D eigenvalue weighted by molar-refractivity contribution is 0.480. The maximum atomic E-state index is 7.27. The molecule has 0 radical (unpaired) electrons. The molecule has 3 heterocycles. The summed E-state index contributed by atoms with van der Waals surface area (Å²) < 4.78 is 9.58. The van der Waals surface area contributed by atoms with E-state index in [1.54, 1.807) is 0 Å². The predicted octanol–water partition coefficient (Wildman–Crippen LogP) is 19.8. The van der Waals surface area contributed by atoms with E-state index in [0.29, 0.717) is 6.67 Å². The molecule has 0 aliphatic carbocycles. The zero-order valence-corrected chi connectivity index (χ0v) is 47.3.